The van der Waals surface area contributed by atoms with Crippen LogP contribution in [-0.2, 0) is 23.8 Å². The zero-order valence-electron chi connectivity index (χ0n) is 21.7. The van der Waals surface area contributed by atoms with Crippen molar-refractivity contribution in [2.45, 2.75) is 25.9 Å². The number of nitrogens with zero attached hydrogens (tertiary/aromatic N) is 3. The molecule has 4 rings (SSSR count). The highest BCUT2D eigenvalue weighted by molar-refractivity contribution is 6.07. The van der Waals surface area contributed by atoms with Crippen LogP contribution in [0.25, 0.3) is 0 Å². The average Bonchev–Trinajstić information content (AvgIpc) is 2.93. The van der Waals surface area contributed by atoms with Crippen LogP contribution >= 0.6 is 0 Å². The Morgan fingerprint density at radius 2 is 1.84 bits per heavy atom. The molecule has 3 unspecified atom stereocenters. The molecule has 0 spiro atoms. The predicted octanol–water partition coefficient (Wildman–Crippen LogP) is 3.83. The second-order valence-electron chi connectivity index (χ2n) is 9.30. The number of nitro benzene ring substituents is 1. The molecule has 10 heteroatoms. The highest BCUT2D eigenvalue weighted by atomic mass is 16.6. The smallest absolute Gasteiger partial charge is 0.337 e. The maximum Gasteiger partial charge on any atom is 0.337 e. The van der Waals surface area contributed by atoms with Crippen LogP contribution in [0, 0.1) is 16.0 Å². The van der Waals surface area contributed by atoms with Crippen molar-refractivity contribution in [3.63, 3.8) is 0 Å². The first-order valence-corrected chi connectivity index (χ1v) is 12.4. The molecule has 0 radical (unpaired) electrons. The van der Waals surface area contributed by atoms with Crippen molar-refractivity contribution >= 4 is 23.3 Å². The maximum absolute atomic E-state index is 13.9. The minimum atomic E-state index is -0.942. The first-order chi connectivity index (χ1) is 18.3. The largest absolute Gasteiger partial charge is 0.468 e. The summed E-state index contributed by atoms with van der Waals surface area (Å²) < 4.78 is 16.7. The van der Waals surface area contributed by atoms with E-state index < -0.39 is 34.8 Å². The Balaban J connectivity index is 1.74. The highest BCUT2D eigenvalue weighted by Crippen LogP contribution is 2.41. The number of allylic oxidation sites excluding steroid dienone is 1. The monoisotopic (exact) mass is 521 g/mol. The van der Waals surface area contributed by atoms with Gasteiger partial charge in [0.25, 0.3) is 5.69 Å². The summed E-state index contributed by atoms with van der Waals surface area (Å²) in [5.74, 6) is -3.03. The highest BCUT2D eigenvalue weighted by Gasteiger charge is 2.43. The van der Waals surface area contributed by atoms with Crippen LogP contribution in [0.2, 0.25) is 0 Å². The number of methoxy groups -OCH3 is 1. The number of aliphatic imine (C=N–C) groups is 1. The Kier molecular flexibility index (Phi) is 8.65. The molecular formula is C28H31N3O7. The van der Waals surface area contributed by atoms with E-state index in [1.807, 2.05) is 30.3 Å². The first kappa shape index (κ1) is 27.2. The van der Waals surface area contributed by atoms with Gasteiger partial charge in [-0.2, -0.15) is 0 Å². The van der Waals surface area contributed by atoms with E-state index in [1.54, 1.807) is 19.9 Å². The lowest BCUT2D eigenvalue weighted by Gasteiger charge is -2.33. The van der Waals surface area contributed by atoms with E-state index in [2.05, 4.69) is 9.89 Å². The molecule has 2 heterocycles. The quantitative estimate of drug-likeness (QED) is 0.292. The summed E-state index contributed by atoms with van der Waals surface area (Å²) in [5.41, 5.74) is 2.13. The Bertz CT molecular complexity index is 1250. The van der Waals surface area contributed by atoms with Gasteiger partial charge in [-0.1, -0.05) is 42.5 Å². The Morgan fingerprint density at radius 3 is 2.50 bits per heavy atom. The minimum Gasteiger partial charge on any atom is -0.468 e. The number of hydrogen-bond acceptors (Lipinski definition) is 9. The van der Waals surface area contributed by atoms with E-state index >= 15 is 0 Å². The number of non-ortho nitro benzene ring substituents is 1. The molecule has 1 saturated heterocycles. The third-order valence-corrected chi connectivity index (χ3v) is 6.89. The third kappa shape index (κ3) is 5.98. The molecule has 10 nitrogen and oxygen atoms in total. The van der Waals surface area contributed by atoms with Gasteiger partial charge in [0.15, 0.2) is 0 Å². The van der Waals surface area contributed by atoms with E-state index in [1.165, 1.54) is 25.3 Å². The maximum atomic E-state index is 13.9. The predicted molar refractivity (Wildman–Crippen MR) is 140 cm³/mol. The molecule has 38 heavy (non-hydrogen) atoms. The summed E-state index contributed by atoms with van der Waals surface area (Å²) in [6.07, 6.45) is -0.587. The summed E-state index contributed by atoms with van der Waals surface area (Å²) in [7, 11) is 1.26. The van der Waals surface area contributed by atoms with Gasteiger partial charge < -0.3 is 14.2 Å². The van der Waals surface area contributed by atoms with Crippen LogP contribution in [0.15, 0.2) is 70.9 Å². The molecule has 0 bridgehead atoms. The minimum absolute atomic E-state index is 0.147. The van der Waals surface area contributed by atoms with Crippen molar-refractivity contribution in [1.29, 1.82) is 0 Å². The van der Waals surface area contributed by atoms with Gasteiger partial charge in [-0.25, -0.2) is 4.79 Å². The van der Waals surface area contributed by atoms with E-state index in [4.69, 9.17) is 14.2 Å². The summed E-state index contributed by atoms with van der Waals surface area (Å²) in [6.45, 7) is 6.46. The average molecular weight is 522 g/mol. The molecule has 2 aromatic carbocycles. The fourth-order valence-electron chi connectivity index (χ4n) is 5.02. The zero-order valence-corrected chi connectivity index (χ0v) is 21.7. The molecule has 2 aliphatic heterocycles. The number of ether oxygens (including phenoxy) is 3. The second kappa shape index (κ2) is 12.1. The number of carbonyl (C=O) groups is 2. The number of rotatable bonds is 8. The molecule has 200 valence electrons. The van der Waals surface area contributed by atoms with Gasteiger partial charge in [-0.15, -0.1) is 0 Å². The van der Waals surface area contributed by atoms with E-state index in [0.29, 0.717) is 49.8 Å². The number of morpholine rings is 1. The van der Waals surface area contributed by atoms with Gasteiger partial charge in [0.2, 0.25) is 0 Å². The topological polar surface area (TPSA) is 121 Å². The molecule has 0 N–H and O–H groups in total. The summed E-state index contributed by atoms with van der Waals surface area (Å²) in [4.78, 5) is 44.5. The Labute approximate surface area is 221 Å². The van der Waals surface area contributed by atoms with Crippen molar-refractivity contribution in [3.05, 3.63) is 87.1 Å². The third-order valence-electron chi connectivity index (χ3n) is 6.89. The van der Waals surface area contributed by atoms with E-state index in [-0.39, 0.29) is 11.3 Å². The van der Waals surface area contributed by atoms with Gasteiger partial charge in [0.05, 0.1) is 30.8 Å². The molecule has 2 aliphatic rings. The molecule has 0 aromatic heterocycles. The van der Waals surface area contributed by atoms with Crippen LogP contribution in [0.1, 0.15) is 37.0 Å². The normalized spacial score (nSPS) is 20.9. The fourth-order valence-corrected chi connectivity index (χ4v) is 5.02. The van der Waals surface area contributed by atoms with Crippen molar-refractivity contribution in [3.8, 4) is 0 Å². The van der Waals surface area contributed by atoms with Gasteiger partial charge in [0.1, 0.15) is 12.0 Å². The van der Waals surface area contributed by atoms with Crippen molar-refractivity contribution in [1.82, 2.24) is 4.90 Å². The van der Waals surface area contributed by atoms with Gasteiger partial charge in [0, 0.05) is 49.1 Å². The Hall–Kier alpha value is -3.89. The van der Waals surface area contributed by atoms with E-state index in [0.717, 1.165) is 5.56 Å². The van der Waals surface area contributed by atoms with Crippen molar-refractivity contribution < 1.29 is 28.7 Å². The van der Waals surface area contributed by atoms with Crippen LogP contribution < -0.4 is 0 Å². The molecule has 0 aliphatic carbocycles. The molecular weight excluding hydrogens is 490 g/mol. The fraction of sp³-hybridized carbons (Fsp3) is 0.393. The van der Waals surface area contributed by atoms with Gasteiger partial charge in [-0.05, 0) is 25.0 Å². The van der Waals surface area contributed by atoms with Crippen LogP contribution in [0.5, 0.6) is 0 Å². The number of esters is 2. The second-order valence-corrected chi connectivity index (χ2v) is 9.30. The Morgan fingerprint density at radius 1 is 1.13 bits per heavy atom. The molecule has 2 aromatic rings. The van der Waals surface area contributed by atoms with Gasteiger partial charge >= 0.3 is 11.9 Å². The van der Waals surface area contributed by atoms with Crippen LogP contribution in [0.4, 0.5) is 5.69 Å². The van der Waals surface area contributed by atoms with Crippen molar-refractivity contribution in [2.24, 2.45) is 10.9 Å². The summed E-state index contributed by atoms with van der Waals surface area (Å²) >= 11 is 0. The number of hydrogen-bond donors (Lipinski definition) is 0. The number of nitro groups is 1. The summed E-state index contributed by atoms with van der Waals surface area (Å²) in [5, 5.41) is 11.5. The standard InChI is InChI=1S/C28H31N3O7/c1-18-24(27(32)36-3)26(21-10-7-11-22(16-21)31(34)35)25(19(2)29-18)28(33)38-23(20-8-5-4-6-9-20)17-30-12-14-37-15-13-30/h4-11,16,23-24,26H,12-15,17H2,1-3H3. The number of carbonyl (C=O) groups excluding carboxylic acids is 2. The lowest BCUT2D eigenvalue weighted by molar-refractivity contribution is -0.384. The van der Waals surface area contributed by atoms with Crippen molar-refractivity contribution in [2.75, 3.05) is 40.0 Å². The lowest BCUT2D eigenvalue weighted by Crippen LogP contribution is -2.40. The van der Waals surface area contributed by atoms with Crippen LogP contribution in [0.3, 0.4) is 0 Å². The first-order valence-electron chi connectivity index (χ1n) is 12.4. The van der Waals surface area contributed by atoms with E-state index in [9.17, 15) is 19.7 Å². The number of benzene rings is 2. The lowest BCUT2D eigenvalue weighted by atomic mass is 9.75. The summed E-state index contributed by atoms with van der Waals surface area (Å²) in [6, 6.07) is 15.4. The van der Waals surface area contributed by atoms with Crippen LogP contribution in [-0.4, -0.2) is 67.4 Å². The van der Waals surface area contributed by atoms with Gasteiger partial charge in [-0.3, -0.25) is 24.8 Å². The molecule has 1 fully saturated rings. The SMILES string of the molecule is COC(=O)C1C(C)=NC(C)=C(C(=O)OC(CN2CCOCC2)c2ccccc2)C1c1cccc([N+](=O)[O-])c1. The molecule has 0 saturated carbocycles. The molecule has 3 atom stereocenters. The zero-order chi connectivity index (χ0) is 27.2. The molecule has 0 amide bonds.